The molecule has 0 radical (unpaired) electrons. The number of nitrogens with zero attached hydrogens (tertiary/aromatic N) is 6. The quantitative estimate of drug-likeness (QED) is 0.434. The lowest BCUT2D eigenvalue weighted by molar-refractivity contribution is 0.767. The molecule has 9 heteroatoms. The van der Waals surface area contributed by atoms with Crippen LogP contribution in [0.5, 0.6) is 0 Å². The van der Waals surface area contributed by atoms with E-state index in [1.807, 2.05) is 25.1 Å². The van der Waals surface area contributed by atoms with Gasteiger partial charge in [0.1, 0.15) is 17.2 Å². The van der Waals surface area contributed by atoms with Crippen molar-refractivity contribution in [2.24, 2.45) is 0 Å². The van der Waals surface area contributed by atoms with E-state index < -0.39 is 0 Å². The maximum atomic E-state index is 5.86. The van der Waals surface area contributed by atoms with E-state index in [1.54, 1.807) is 12.4 Å². The molecule has 144 valence electrons. The number of fused-ring (bicyclic) bond motifs is 2. The predicted molar refractivity (Wildman–Crippen MR) is 112 cm³/mol. The predicted octanol–water partition coefficient (Wildman–Crippen LogP) is 3.15. The van der Waals surface area contributed by atoms with Crippen LogP contribution < -0.4 is 11.1 Å². The van der Waals surface area contributed by atoms with Crippen LogP contribution in [0, 0.1) is 6.92 Å². The molecule has 0 amide bonds. The summed E-state index contributed by atoms with van der Waals surface area (Å²) in [6, 6.07) is 11.9. The Morgan fingerprint density at radius 2 is 2.03 bits per heavy atom. The van der Waals surface area contributed by atoms with Gasteiger partial charge in [-0.15, -0.1) is 0 Å². The Morgan fingerprint density at radius 1 is 1.14 bits per heavy atom. The largest absolute Gasteiger partial charge is 0.368 e. The lowest BCUT2D eigenvalue weighted by atomic mass is 10.2. The van der Waals surface area contributed by atoms with E-state index in [0.29, 0.717) is 11.5 Å². The molecule has 0 bridgehead atoms. The number of aromatic amines is 1. The summed E-state index contributed by atoms with van der Waals surface area (Å²) in [4.78, 5) is 17.9. The minimum atomic E-state index is -0.183. The highest BCUT2D eigenvalue weighted by Crippen LogP contribution is 2.28. The fraction of sp³-hybridized carbons (Fsp3) is 0.150. The molecule has 1 atom stereocenters. The number of hydrogen-bond donors (Lipinski definition) is 3. The number of aromatic nitrogens is 7. The number of rotatable bonds is 4. The van der Waals surface area contributed by atoms with E-state index >= 15 is 0 Å². The Labute approximate surface area is 166 Å². The lowest BCUT2D eigenvalue weighted by Gasteiger charge is -2.17. The number of nitrogens with one attached hydrogen (secondary N) is 2. The number of pyridine rings is 1. The first-order valence-electron chi connectivity index (χ1n) is 9.23. The Hall–Kier alpha value is -4.01. The molecule has 0 saturated heterocycles. The molecule has 0 unspecified atom stereocenters. The average molecular weight is 385 g/mol. The van der Waals surface area contributed by atoms with Crippen LogP contribution in [0.15, 0.2) is 48.8 Å². The first-order valence-corrected chi connectivity index (χ1v) is 9.23. The topological polar surface area (TPSA) is 123 Å². The molecule has 0 aliphatic carbocycles. The molecule has 0 saturated carbocycles. The van der Waals surface area contributed by atoms with Crippen LogP contribution >= 0.6 is 0 Å². The van der Waals surface area contributed by atoms with Crippen molar-refractivity contribution < 1.29 is 0 Å². The number of benzene rings is 1. The molecule has 4 heterocycles. The summed E-state index contributed by atoms with van der Waals surface area (Å²) in [6.45, 7) is 4.09. The number of H-pyrrole nitrogens is 1. The van der Waals surface area contributed by atoms with Crippen LogP contribution in [0.2, 0.25) is 0 Å². The first kappa shape index (κ1) is 17.1. The van der Waals surface area contributed by atoms with Gasteiger partial charge in [-0.05, 0) is 43.7 Å². The molecule has 4 aromatic heterocycles. The monoisotopic (exact) mass is 385 g/mol. The highest BCUT2D eigenvalue weighted by molar-refractivity contribution is 5.87. The van der Waals surface area contributed by atoms with Crippen molar-refractivity contribution in [2.75, 3.05) is 11.1 Å². The van der Waals surface area contributed by atoms with E-state index in [1.165, 1.54) is 0 Å². The fourth-order valence-corrected chi connectivity index (χ4v) is 3.47. The van der Waals surface area contributed by atoms with Gasteiger partial charge in [-0.1, -0.05) is 12.1 Å². The van der Waals surface area contributed by atoms with Crippen LogP contribution in [0.4, 0.5) is 11.8 Å². The third kappa shape index (κ3) is 2.92. The molecule has 1 aromatic carbocycles. The van der Waals surface area contributed by atoms with Gasteiger partial charge in [-0.2, -0.15) is 15.1 Å². The Kier molecular flexibility index (Phi) is 3.87. The van der Waals surface area contributed by atoms with Gasteiger partial charge < -0.3 is 11.1 Å². The summed E-state index contributed by atoms with van der Waals surface area (Å²) in [5, 5.41) is 11.0. The summed E-state index contributed by atoms with van der Waals surface area (Å²) >= 11 is 0. The van der Waals surface area contributed by atoms with Gasteiger partial charge in [-0.3, -0.25) is 9.67 Å². The number of anilines is 2. The van der Waals surface area contributed by atoms with E-state index in [-0.39, 0.29) is 12.0 Å². The molecule has 9 nitrogen and oxygen atoms in total. The molecular formula is C20H19N9. The molecule has 0 spiro atoms. The van der Waals surface area contributed by atoms with Crippen molar-refractivity contribution >= 4 is 34.0 Å². The molecule has 5 rings (SSSR count). The van der Waals surface area contributed by atoms with Gasteiger partial charge in [-0.25, -0.2) is 9.97 Å². The zero-order valence-electron chi connectivity index (χ0n) is 16.0. The Morgan fingerprint density at radius 3 is 2.90 bits per heavy atom. The van der Waals surface area contributed by atoms with E-state index in [9.17, 15) is 0 Å². The number of imidazole rings is 1. The zero-order chi connectivity index (χ0) is 20.0. The third-order valence-electron chi connectivity index (χ3n) is 4.77. The minimum Gasteiger partial charge on any atom is -0.368 e. The van der Waals surface area contributed by atoms with Crippen LogP contribution in [0.1, 0.15) is 24.4 Å². The Bertz CT molecular complexity index is 1330. The van der Waals surface area contributed by atoms with Gasteiger partial charge in [0, 0.05) is 11.9 Å². The minimum absolute atomic E-state index is 0.172. The smallest absolute Gasteiger partial charge is 0.224 e. The number of aryl methyl sites for hydroxylation is 1. The third-order valence-corrected chi connectivity index (χ3v) is 4.77. The van der Waals surface area contributed by atoms with E-state index in [2.05, 4.69) is 60.2 Å². The van der Waals surface area contributed by atoms with Gasteiger partial charge in [0.05, 0.1) is 17.6 Å². The molecule has 0 fully saturated rings. The second-order valence-electron chi connectivity index (χ2n) is 6.92. The van der Waals surface area contributed by atoms with Gasteiger partial charge in [0.15, 0.2) is 11.3 Å². The standard InChI is InChI=1S/C20H19N9/c1-11-5-3-6-13(9-11)29-18(25-15-7-4-8-22-19(15)29)12(2)24-16-14-10-23-28-17(14)27-20(21)26-16/h3-10,12H,1-2H3,(H4,21,23,24,26,27,28)/t12-/m0/s1. The fourth-order valence-electron chi connectivity index (χ4n) is 3.47. The lowest BCUT2D eigenvalue weighted by Crippen LogP contribution is -2.15. The van der Waals surface area contributed by atoms with E-state index in [4.69, 9.17) is 10.7 Å². The number of nitrogens with two attached hydrogens (primary N) is 1. The van der Waals surface area contributed by atoms with Gasteiger partial charge >= 0.3 is 0 Å². The second-order valence-corrected chi connectivity index (χ2v) is 6.92. The second kappa shape index (κ2) is 6.55. The highest BCUT2D eigenvalue weighted by Gasteiger charge is 2.20. The molecule has 5 aromatic rings. The highest BCUT2D eigenvalue weighted by atomic mass is 15.2. The number of hydrogen-bond acceptors (Lipinski definition) is 7. The maximum absolute atomic E-state index is 5.86. The van der Waals surface area contributed by atoms with Crippen molar-refractivity contribution in [1.29, 1.82) is 0 Å². The molecular weight excluding hydrogens is 366 g/mol. The van der Waals surface area contributed by atoms with Crippen molar-refractivity contribution in [3.05, 3.63) is 60.2 Å². The molecule has 0 aliphatic heterocycles. The van der Waals surface area contributed by atoms with Crippen LogP contribution in [0.3, 0.4) is 0 Å². The van der Waals surface area contributed by atoms with Crippen molar-refractivity contribution in [2.45, 2.75) is 19.9 Å². The first-order chi connectivity index (χ1) is 14.1. The maximum Gasteiger partial charge on any atom is 0.224 e. The molecule has 29 heavy (non-hydrogen) atoms. The van der Waals surface area contributed by atoms with Crippen LogP contribution in [-0.2, 0) is 0 Å². The zero-order valence-corrected chi connectivity index (χ0v) is 16.0. The van der Waals surface area contributed by atoms with Crippen molar-refractivity contribution in [1.82, 2.24) is 34.7 Å². The van der Waals surface area contributed by atoms with Crippen molar-refractivity contribution in [3.8, 4) is 5.69 Å². The SMILES string of the molecule is Cc1cccc(-n2c([C@H](C)Nc3nc(N)nc4[nH]ncc34)nc3cccnc32)c1. The van der Waals surface area contributed by atoms with E-state index in [0.717, 1.165) is 33.6 Å². The summed E-state index contributed by atoms with van der Waals surface area (Å²) in [5.74, 6) is 1.59. The summed E-state index contributed by atoms with van der Waals surface area (Å²) in [7, 11) is 0. The van der Waals surface area contributed by atoms with Gasteiger partial charge in [0.2, 0.25) is 5.95 Å². The number of nitrogen functional groups attached to an aromatic ring is 1. The summed E-state index contributed by atoms with van der Waals surface area (Å²) in [6.07, 6.45) is 3.45. The average Bonchev–Trinajstić information content (AvgIpc) is 3.32. The molecule has 4 N–H and O–H groups in total. The van der Waals surface area contributed by atoms with Crippen LogP contribution in [-0.4, -0.2) is 34.7 Å². The van der Waals surface area contributed by atoms with Crippen LogP contribution in [0.25, 0.3) is 27.9 Å². The normalized spacial score (nSPS) is 12.5. The van der Waals surface area contributed by atoms with Gasteiger partial charge in [0.25, 0.3) is 0 Å². The summed E-state index contributed by atoms with van der Waals surface area (Å²) < 4.78 is 2.07. The summed E-state index contributed by atoms with van der Waals surface area (Å²) in [5.41, 5.74) is 10.2. The molecule has 0 aliphatic rings. The Balaban J connectivity index is 1.64. The van der Waals surface area contributed by atoms with Crippen molar-refractivity contribution in [3.63, 3.8) is 0 Å².